The zero-order valence-electron chi connectivity index (χ0n) is 9.13. The number of hydrogen-bond acceptors (Lipinski definition) is 2. The number of rotatable bonds is 0. The molecular formula is C14H10N2O. The second-order valence-electron chi connectivity index (χ2n) is 4.14. The van der Waals surface area contributed by atoms with Crippen LogP contribution < -0.4 is 4.74 Å². The first-order valence-corrected chi connectivity index (χ1v) is 5.62. The van der Waals surface area contributed by atoms with Gasteiger partial charge in [0.2, 0.25) is 0 Å². The highest BCUT2D eigenvalue weighted by Crippen LogP contribution is 2.31. The molecule has 0 saturated carbocycles. The van der Waals surface area contributed by atoms with E-state index in [2.05, 4.69) is 27.8 Å². The predicted octanol–water partition coefficient (Wildman–Crippen LogP) is 2.92. The lowest BCUT2D eigenvalue weighted by Crippen LogP contribution is -2.11. The lowest BCUT2D eigenvalue weighted by atomic mass is 10.1. The van der Waals surface area contributed by atoms with Gasteiger partial charge in [0.1, 0.15) is 6.61 Å². The topological polar surface area (TPSA) is 27.1 Å². The summed E-state index contributed by atoms with van der Waals surface area (Å²) in [4.78, 5) is 4.49. The molecule has 3 heteroatoms. The van der Waals surface area contributed by atoms with Crippen molar-refractivity contribution in [1.29, 1.82) is 0 Å². The lowest BCUT2D eigenvalue weighted by molar-refractivity contribution is 0.265. The molecule has 0 spiro atoms. The largest absolute Gasteiger partial charge is 0.459 e. The van der Waals surface area contributed by atoms with Crippen molar-refractivity contribution in [3.8, 4) is 11.7 Å². The van der Waals surface area contributed by atoms with E-state index >= 15 is 0 Å². The zero-order valence-corrected chi connectivity index (χ0v) is 9.13. The van der Waals surface area contributed by atoms with Crippen LogP contribution in [0.4, 0.5) is 0 Å². The molecule has 3 nitrogen and oxygen atoms in total. The van der Waals surface area contributed by atoms with Gasteiger partial charge < -0.3 is 4.74 Å². The Morgan fingerprint density at radius 2 is 1.82 bits per heavy atom. The van der Waals surface area contributed by atoms with Crippen molar-refractivity contribution in [3.05, 3.63) is 54.1 Å². The van der Waals surface area contributed by atoms with Crippen LogP contribution >= 0.6 is 0 Å². The summed E-state index contributed by atoms with van der Waals surface area (Å²) in [6.07, 6.45) is 0. The van der Waals surface area contributed by atoms with Crippen molar-refractivity contribution in [2.75, 3.05) is 0 Å². The van der Waals surface area contributed by atoms with E-state index in [1.807, 2.05) is 30.3 Å². The molecule has 17 heavy (non-hydrogen) atoms. The summed E-state index contributed by atoms with van der Waals surface area (Å²) in [5, 5.41) is 0. The summed E-state index contributed by atoms with van der Waals surface area (Å²) < 4.78 is 7.76. The van der Waals surface area contributed by atoms with Crippen molar-refractivity contribution in [2.45, 2.75) is 6.61 Å². The fraction of sp³-hybridized carbons (Fsp3) is 0.0714. The van der Waals surface area contributed by atoms with Gasteiger partial charge in [-0.05, 0) is 18.2 Å². The fourth-order valence-corrected chi connectivity index (χ4v) is 2.33. The van der Waals surface area contributed by atoms with E-state index in [0.29, 0.717) is 12.6 Å². The molecule has 0 saturated heterocycles. The summed E-state index contributed by atoms with van der Waals surface area (Å²) in [5.74, 6) is 0. The van der Waals surface area contributed by atoms with Crippen LogP contribution in [0.3, 0.4) is 0 Å². The molecule has 3 aromatic rings. The van der Waals surface area contributed by atoms with Crippen molar-refractivity contribution in [2.24, 2.45) is 0 Å². The second-order valence-corrected chi connectivity index (χ2v) is 4.14. The molecule has 0 aliphatic carbocycles. The molecule has 1 aliphatic heterocycles. The van der Waals surface area contributed by atoms with Crippen LogP contribution in [0.2, 0.25) is 0 Å². The smallest absolute Gasteiger partial charge is 0.302 e. The Hall–Kier alpha value is -2.29. The Kier molecular flexibility index (Phi) is 1.61. The molecule has 1 aliphatic rings. The fourth-order valence-electron chi connectivity index (χ4n) is 2.33. The Morgan fingerprint density at radius 3 is 2.82 bits per heavy atom. The monoisotopic (exact) mass is 222 g/mol. The minimum absolute atomic E-state index is 0.597. The maximum Gasteiger partial charge on any atom is 0.302 e. The van der Waals surface area contributed by atoms with Crippen molar-refractivity contribution < 1.29 is 4.74 Å². The molecule has 0 unspecified atom stereocenters. The van der Waals surface area contributed by atoms with Gasteiger partial charge in [0.05, 0.1) is 16.7 Å². The molecule has 0 radical (unpaired) electrons. The number of nitrogens with zero attached hydrogens (tertiary/aromatic N) is 2. The summed E-state index contributed by atoms with van der Waals surface area (Å²) >= 11 is 0. The first-order valence-electron chi connectivity index (χ1n) is 5.62. The molecule has 1 aromatic heterocycles. The average Bonchev–Trinajstić information content (AvgIpc) is 2.77. The van der Waals surface area contributed by atoms with Crippen molar-refractivity contribution in [1.82, 2.24) is 9.55 Å². The lowest BCUT2D eigenvalue weighted by Gasteiger charge is -2.19. The number of aromatic nitrogens is 2. The van der Waals surface area contributed by atoms with Crippen LogP contribution in [-0.2, 0) is 6.61 Å². The van der Waals surface area contributed by atoms with Gasteiger partial charge in [0.25, 0.3) is 0 Å². The van der Waals surface area contributed by atoms with E-state index in [1.165, 1.54) is 11.3 Å². The highest BCUT2D eigenvalue weighted by Gasteiger charge is 2.20. The Balaban J connectivity index is 2.14. The van der Waals surface area contributed by atoms with Crippen LogP contribution in [0.5, 0.6) is 6.01 Å². The van der Waals surface area contributed by atoms with Gasteiger partial charge in [-0.1, -0.05) is 30.3 Å². The molecule has 0 atom stereocenters. The van der Waals surface area contributed by atoms with Crippen LogP contribution in [0.25, 0.3) is 16.7 Å². The normalized spacial score (nSPS) is 12.9. The van der Waals surface area contributed by atoms with E-state index in [1.54, 1.807) is 0 Å². The third-order valence-corrected chi connectivity index (χ3v) is 3.12. The third-order valence-electron chi connectivity index (χ3n) is 3.12. The van der Waals surface area contributed by atoms with Gasteiger partial charge in [-0.2, -0.15) is 4.98 Å². The first kappa shape index (κ1) is 8.82. The molecule has 2 heterocycles. The molecule has 0 amide bonds. The highest BCUT2D eigenvalue weighted by atomic mass is 16.5. The summed E-state index contributed by atoms with van der Waals surface area (Å²) in [6, 6.07) is 17.0. The van der Waals surface area contributed by atoms with Crippen LogP contribution in [0.15, 0.2) is 48.5 Å². The molecule has 0 N–H and O–H groups in total. The van der Waals surface area contributed by atoms with E-state index in [0.717, 1.165) is 11.0 Å². The van der Waals surface area contributed by atoms with Crippen molar-refractivity contribution >= 4 is 11.0 Å². The number of fused-ring (bicyclic) bond motifs is 5. The minimum Gasteiger partial charge on any atom is -0.459 e. The van der Waals surface area contributed by atoms with Gasteiger partial charge in [-0.3, -0.25) is 4.57 Å². The molecular weight excluding hydrogens is 212 g/mol. The van der Waals surface area contributed by atoms with Gasteiger partial charge >= 0.3 is 6.01 Å². The number of ether oxygens (including phenoxy) is 1. The van der Waals surface area contributed by atoms with E-state index < -0.39 is 0 Å². The van der Waals surface area contributed by atoms with Gasteiger partial charge in [-0.15, -0.1) is 0 Å². The SMILES string of the molecule is c1ccc2c(c1)COc1nc3ccccc3n1-2. The maximum atomic E-state index is 5.69. The maximum absolute atomic E-state index is 5.69. The van der Waals surface area contributed by atoms with E-state index in [4.69, 9.17) is 4.74 Å². The molecule has 82 valence electrons. The molecule has 0 bridgehead atoms. The number of imidazole rings is 1. The second kappa shape index (κ2) is 3.10. The van der Waals surface area contributed by atoms with Crippen LogP contribution in [-0.4, -0.2) is 9.55 Å². The number of hydrogen-bond donors (Lipinski definition) is 0. The van der Waals surface area contributed by atoms with E-state index in [9.17, 15) is 0 Å². The number of para-hydroxylation sites is 3. The zero-order chi connectivity index (χ0) is 11.2. The van der Waals surface area contributed by atoms with E-state index in [-0.39, 0.29) is 0 Å². The summed E-state index contributed by atoms with van der Waals surface area (Å²) in [6.45, 7) is 0.597. The van der Waals surface area contributed by atoms with Gasteiger partial charge in [0, 0.05) is 5.56 Å². The first-order chi connectivity index (χ1) is 8.43. The highest BCUT2D eigenvalue weighted by molar-refractivity contribution is 5.79. The summed E-state index contributed by atoms with van der Waals surface area (Å²) in [7, 11) is 0. The predicted molar refractivity (Wildman–Crippen MR) is 65.4 cm³/mol. The summed E-state index contributed by atoms with van der Waals surface area (Å²) in [5.41, 5.74) is 4.43. The molecule has 2 aromatic carbocycles. The van der Waals surface area contributed by atoms with Crippen molar-refractivity contribution in [3.63, 3.8) is 0 Å². The average molecular weight is 222 g/mol. The Bertz CT molecular complexity index is 715. The minimum atomic E-state index is 0.597. The Labute approximate surface area is 98.3 Å². The van der Waals surface area contributed by atoms with Gasteiger partial charge in [0.15, 0.2) is 0 Å². The van der Waals surface area contributed by atoms with Crippen LogP contribution in [0, 0.1) is 0 Å². The standard InChI is InChI=1S/C14H10N2O/c1-3-7-12-10(5-1)9-17-14-15-11-6-2-4-8-13(11)16(12)14/h1-8H,9H2. The third kappa shape index (κ3) is 1.13. The quantitative estimate of drug-likeness (QED) is 0.584. The molecule has 4 rings (SSSR count). The molecule has 0 fully saturated rings. The van der Waals surface area contributed by atoms with Crippen LogP contribution in [0.1, 0.15) is 5.56 Å². The Morgan fingerprint density at radius 1 is 1.00 bits per heavy atom. The number of benzene rings is 2. The van der Waals surface area contributed by atoms with Gasteiger partial charge in [-0.25, -0.2) is 0 Å².